The van der Waals surface area contributed by atoms with Crippen molar-refractivity contribution in [1.82, 2.24) is 15.3 Å². The van der Waals surface area contributed by atoms with Gasteiger partial charge in [-0.25, -0.2) is 0 Å². The van der Waals surface area contributed by atoms with Crippen molar-refractivity contribution in [3.05, 3.63) is 62.6 Å². The lowest BCUT2D eigenvalue weighted by atomic mass is 10.1. The molecule has 0 spiro atoms. The lowest BCUT2D eigenvalue weighted by molar-refractivity contribution is -0.132. The van der Waals surface area contributed by atoms with Crippen LogP contribution in [0.1, 0.15) is 21.8 Å². The molecule has 0 bridgehead atoms. The molecular formula is C22H21Cl5N4O3. The van der Waals surface area contributed by atoms with Gasteiger partial charge in [0.25, 0.3) is 11.8 Å². The predicted octanol–water partition coefficient (Wildman–Crippen LogP) is 4.84. The van der Waals surface area contributed by atoms with Crippen molar-refractivity contribution < 1.29 is 14.4 Å². The van der Waals surface area contributed by atoms with Crippen molar-refractivity contribution in [1.29, 1.82) is 0 Å². The molecule has 3 rings (SSSR count). The second kappa shape index (κ2) is 10.5. The topological polar surface area (TPSA) is 81.8 Å². The standard InChI is InChI=1S/C22H21Cl5N4O3/c1-30(2)10-17(32)31(3)29-20(33)15-9-14(4-5-16(15)25)28-21(34)19-18(22(19,26)27)11-6-12(23)8-13(24)7-11/h4-9,18-19H,10H2,1-3H3,(H,28,34)(H,29,33)/t18-,19+/m0/s1. The van der Waals surface area contributed by atoms with Gasteiger partial charge in [-0.3, -0.25) is 24.8 Å². The zero-order chi connectivity index (χ0) is 25.4. The molecule has 34 heavy (non-hydrogen) atoms. The maximum atomic E-state index is 12.9. The number of anilines is 1. The van der Waals surface area contributed by atoms with E-state index in [2.05, 4.69) is 10.7 Å². The van der Waals surface area contributed by atoms with Gasteiger partial charge in [0.2, 0.25) is 5.91 Å². The molecule has 1 saturated carbocycles. The number of hydrogen-bond donors (Lipinski definition) is 2. The van der Waals surface area contributed by atoms with Gasteiger partial charge in [0, 0.05) is 28.7 Å². The van der Waals surface area contributed by atoms with Crippen LogP contribution in [0.3, 0.4) is 0 Å². The first-order valence-electron chi connectivity index (χ1n) is 9.97. The fourth-order valence-electron chi connectivity index (χ4n) is 3.47. The van der Waals surface area contributed by atoms with Crippen molar-refractivity contribution in [2.75, 3.05) is 33.0 Å². The minimum Gasteiger partial charge on any atom is -0.326 e. The smallest absolute Gasteiger partial charge is 0.271 e. The van der Waals surface area contributed by atoms with Crippen LogP contribution in [0.4, 0.5) is 5.69 Å². The maximum absolute atomic E-state index is 12.9. The third kappa shape index (κ3) is 6.08. The number of benzene rings is 2. The molecule has 0 aromatic heterocycles. The first-order chi connectivity index (χ1) is 15.8. The summed E-state index contributed by atoms with van der Waals surface area (Å²) in [5, 5.41) is 4.74. The quantitative estimate of drug-likeness (QED) is 0.388. The van der Waals surface area contributed by atoms with Gasteiger partial charge in [-0.1, -0.05) is 34.8 Å². The summed E-state index contributed by atoms with van der Waals surface area (Å²) >= 11 is 31.1. The first kappa shape index (κ1) is 26.9. The van der Waals surface area contributed by atoms with Gasteiger partial charge in [-0.15, -0.1) is 23.2 Å². The molecule has 2 aromatic carbocycles. The number of alkyl halides is 2. The third-order valence-electron chi connectivity index (χ3n) is 5.15. The number of amides is 3. The van der Waals surface area contributed by atoms with Crippen LogP contribution in [-0.2, 0) is 9.59 Å². The lowest BCUT2D eigenvalue weighted by Gasteiger charge is -2.20. The summed E-state index contributed by atoms with van der Waals surface area (Å²) in [6.45, 7) is 0.111. The molecule has 1 fully saturated rings. The molecule has 1 aliphatic carbocycles. The van der Waals surface area contributed by atoms with Crippen LogP contribution in [0.5, 0.6) is 0 Å². The van der Waals surface area contributed by atoms with Crippen molar-refractivity contribution in [2.45, 2.75) is 10.3 Å². The zero-order valence-electron chi connectivity index (χ0n) is 18.3. The summed E-state index contributed by atoms with van der Waals surface area (Å²) < 4.78 is -1.35. The molecule has 0 saturated heterocycles. The molecule has 1 aliphatic rings. The van der Waals surface area contributed by atoms with Crippen LogP contribution in [-0.4, -0.2) is 59.7 Å². The van der Waals surface area contributed by atoms with E-state index in [9.17, 15) is 14.4 Å². The fraction of sp³-hybridized carbons (Fsp3) is 0.318. The number of carbonyl (C=O) groups is 3. The molecule has 3 amide bonds. The van der Waals surface area contributed by atoms with Crippen molar-refractivity contribution >= 4 is 81.4 Å². The van der Waals surface area contributed by atoms with Crippen molar-refractivity contribution in [3.63, 3.8) is 0 Å². The molecule has 0 radical (unpaired) electrons. The monoisotopic (exact) mass is 564 g/mol. The fourth-order valence-corrected chi connectivity index (χ4v) is 5.05. The molecule has 12 heteroatoms. The van der Waals surface area contributed by atoms with Gasteiger partial charge in [-0.05, 0) is 56.1 Å². The largest absolute Gasteiger partial charge is 0.326 e. The van der Waals surface area contributed by atoms with Crippen LogP contribution >= 0.6 is 58.0 Å². The van der Waals surface area contributed by atoms with E-state index in [-0.39, 0.29) is 23.0 Å². The van der Waals surface area contributed by atoms with E-state index in [4.69, 9.17) is 58.0 Å². The highest BCUT2D eigenvalue weighted by molar-refractivity contribution is 6.53. The van der Waals surface area contributed by atoms with Gasteiger partial charge < -0.3 is 10.2 Å². The van der Waals surface area contributed by atoms with E-state index in [1.54, 1.807) is 37.2 Å². The summed E-state index contributed by atoms with van der Waals surface area (Å²) in [7, 11) is 4.90. The Bertz CT molecular complexity index is 1120. The van der Waals surface area contributed by atoms with Crippen LogP contribution in [0.2, 0.25) is 15.1 Å². The Morgan fingerprint density at radius 2 is 1.59 bits per heavy atom. The number of nitrogens with one attached hydrogen (secondary N) is 2. The molecule has 2 N–H and O–H groups in total. The van der Waals surface area contributed by atoms with Crippen LogP contribution in [0.25, 0.3) is 0 Å². The third-order valence-corrected chi connectivity index (χ3v) is 6.86. The summed E-state index contributed by atoms with van der Waals surface area (Å²) in [6.07, 6.45) is 0. The Morgan fingerprint density at radius 3 is 2.18 bits per heavy atom. The molecule has 0 unspecified atom stereocenters. The number of likely N-dealkylation sites (N-methyl/N-ethyl adjacent to an activating group) is 2. The van der Waals surface area contributed by atoms with E-state index in [0.29, 0.717) is 21.3 Å². The molecule has 2 aromatic rings. The maximum Gasteiger partial charge on any atom is 0.271 e. The predicted molar refractivity (Wildman–Crippen MR) is 136 cm³/mol. The van der Waals surface area contributed by atoms with Gasteiger partial charge in [-0.2, -0.15) is 0 Å². The minimum absolute atomic E-state index is 0.0703. The van der Waals surface area contributed by atoms with Gasteiger partial charge in [0.05, 0.1) is 23.0 Å². The molecule has 7 nitrogen and oxygen atoms in total. The second-order valence-corrected chi connectivity index (χ2v) is 10.9. The zero-order valence-corrected chi connectivity index (χ0v) is 22.1. The Morgan fingerprint density at radius 1 is 0.971 bits per heavy atom. The molecule has 0 heterocycles. The van der Waals surface area contributed by atoms with Crippen LogP contribution < -0.4 is 10.7 Å². The minimum atomic E-state index is -1.35. The van der Waals surface area contributed by atoms with Crippen LogP contribution in [0.15, 0.2) is 36.4 Å². The Hall–Kier alpha value is -1.74. The average molecular weight is 567 g/mol. The number of hydrazine groups is 1. The highest BCUT2D eigenvalue weighted by Crippen LogP contribution is 2.65. The Balaban J connectivity index is 1.73. The number of carbonyl (C=O) groups excluding carboxylic acids is 3. The lowest BCUT2D eigenvalue weighted by Crippen LogP contribution is -2.46. The van der Waals surface area contributed by atoms with E-state index in [1.807, 2.05) is 0 Å². The van der Waals surface area contributed by atoms with Gasteiger partial charge in [0.1, 0.15) is 4.33 Å². The SMILES string of the molecule is CN(C)CC(=O)N(C)NC(=O)c1cc(NC(=O)[C@H]2[C@H](c3cc(Cl)cc(Cl)c3)C2(Cl)Cl)ccc1Cl. The number of nitrogens with zero attached hydrogens (tertiary/aromatic N) is 2. The Labute approximate surface area is 222 Å². The van der Waals surface area contributed by atoms with Crippen LogP contribution in [0, 0.1) is 5.92 Å². The first-order valence-corrected chi connectivity index (χ1v) is 11.9. The summed E-state index contributed by atoms with van der Waals surface area (Å²) in [5.41, 5.74) is 3.48. The Kier molecular flexibility index (Phi) is 8.28. The van der Waals surface area contributed by atoms with Crippen molar-refractivity contribution in [2.24, 2.45) is 5.92 Å². The van der Waals surface area contributed by atoms with E-state index in [0.717, 1.165) is 5.01 Å². The van der Waals surface area contributed by atoms with E-state index < -0.39 is 28.0 Å². The summed E-state index contributed by atoms with van der Waals surface area (Å²) in [4.78, 5) is 39.4. The number of hydrogen-bond acceptors (Lipinski definition) is 4. The second-order valence-electron chi connectivity index (χ2n) is 8.15. The normalized spacial score (nSPS) is 18.4. The average Bonchev–Trinajstić information content (AvgIpc) is 3.30. The number of rotatable bonds is 6. The molecular weight excluding hydrogens is 546 g/mol. The van der Waals surface area contributed by atoms with E-state index in [1.165, 1.54) is 25.2 Å². The van der Waals surface area contributed by atoms with E-state index >= 15 is 0 Å². The van der Waals surface area contributed by atoms with Gasteiger partial charge in [0.15, 0.2) is 0 Å². The van der Waals surface area contributed by atoms with Gasteiger partial charge >= 0.3 is 0 Å². The summed E-state index contributed by atoms with van der Waals surface area (Å²) in [6, 6.07) is 9.28. The summed E-state index contributed by atoms with van der Waals surface area (Å²) in [5.74, 6) is -2.66. The highest BCUT2D eigenvalue weighted by atomic mass is 35.5. The molecule has 0 aliphatic heterocycles. The highest BCUT2D eigenvalue weighted by Gasteiger charge is 2.67. The number of halogens is 5. The molecule has 2 atom stereocenters. The van der Waals surface area contributed by atoms with Crippen molar-refractivity contribution in [3.8, 4) is 0 Å². The molecule has 182 valence electrons.